The molecule has 7 heteroatoms. The van der Waals surface area contributed by atoms with Gasteiger partial charge in [0.25, 0.3) is 5.91 Å². The highest BCUT2D eigenvalue weighted by atomic mass is 79.9. The maximum absolute atomic E-state index is 13.5. The molecule has 36 heavy (non-hydrogen) atoms. The quantitative estimate of drug-likeness (QED) is 0.316. The third-order valence-electron chi connectivity index (χ3n) is 7.37. The van der Waals surface area contributed by atoms with Gasteiger partial charge in [0.1, 0.15) is 10.8 Å². The van der Waals surface area contributed by atoms with E-state index >= 15 is 0 Å². The summed E-state index contributed by atoms with van der Waals surface area (Å²) in [5, 5.41) is 3.85. The Morgan fingerprint density at radius 1 is 1.19 bits per heavy atom. The van der Waals surface area contributed by atoms with E-state index in [1.807, 2.05) is 36.4 Å². The third kappa shape index (κ3) is 5.47. The van der Waals surface area contributed by atoms with Crippen LogP contribution in [0.1, 0.15) is 73.0 Å². The number of rotatable bonds is 5. The predicted octanol–water partition coefficient (Wildman–Crippen LogP) is 8.25. The number of nitrogens with zero attached hydrogens (tertiary/aromatic N) is 2. The molecule has 1 N–H and O–H groups in total. The topological polar surface area (TPSA) is 57.8 Å². The fraction of sp³-hybridized carbons (Fsp3) is 0.448. The maximum atomic E-state index is 13.5. The average molecular weight is 569 g/mol. The van der Waals surface area contributed by atoms with Gasteiger partial charge in [0.15, 0.2) is 0 Å². The van der Waals surface area contributed by atoms with Gasteiger partial charge in [0.05, 0.1) is 16.3 Å². The second-order valence-corrected chi connectivity index (χ2v) is 12.9. The zero-order valence-corrected chi connectivity index (χ0v) is 23.7. The Bertz CT molecular complexity index is 1250. The van der Waals surface area contributed by atoms with Crippen LogP contribution in [-0.2, 0) is 12.8 Å². The van der Waals surface area contributed by atoms with Crippen LogP contribution in [0.5, 0.6) is 0 Å². The van der Waals surface area contributed by atoms with Crippen molar-refractivity contribution in [2.24, 2.45) is 16.3 Å². The summed E-state index contributed by atoms with van der Waals surface area (Å²) < 4.78 is 7.12. The number of carbonyl (C=O) groups excluding carboxylic acids is 1. The Hall–Kier alpha value is -2.38. The Labute approximate surface area is 226 Å². The molecule has 1 amide bonds. The van der Waals surface area contributed by atoms with E-state index in [0.29, 0.717) is 17.2 Å². The Kier molecular flexibility index (Phi) is 7.40. The average Bonchev–Trinajstić information content (AvgIpc) is 3.42. The molecule has 1 atom stereocenters. The van der Waals surface area contributed by atoms with Crippen molar-refractivity contribution in [1.29, 1.82) is 0 Å². The number of benzene rings is 1. The van der Waals surface area contributed by atoms with Gasteiger partial charge in [-0.15, -0.1) is 11.3 Å². The lowest BCUT2D eigenvalue weighted by atomic mass is 9.72. The van der Waals surface area contributed by atoms with E-state index in [1.54, 1.807) is 17.6 Å². The van der Waals surface area contributed by atoms with E-state index in [1.165, 1.54) is 24.1 Å². The second-order valence-electron chi connectivity index (χ2n) is 10.9. The Morgan fingerprint density at radius 3 is 2.67 bits per heavy atom. The first-order chi connectivity index (χ1) is 17.3. The van der Waals surface area contributed by atoms with Crippen LogP contribution in [0, 0.1) is 11.3 Å². The summed E-state index contributed by atoms with van der Waals surface area (Å²) in [6, 6.07) is 11.6. The number of amides is 1. The molecule has 0 bridgehead atoms. The van der Waals surface area contributed by atoms with Gasteiger partial charge in [-0.05, 0) is 83.5 Å². The molecule has 1 fully saturated rings. The fourth-order valence-corrected chi connectivity index (χ4v) is 7.05. The van der Waals surface area contributed by atoms with Crippen molar-refractivity contribution in [3.8, 4) is 0 Å². The number of hydrogen-bond acceptors (Lipinski definition) is 5. The van der Waals surface area contributed by atoms with Crippen molar-refractivity contribution in [2.45, 2.75) is 59.3 Å². The lowest BCUT2D eigenvalue weighted by Gasteiger charge is -2.33. The minimum absolute atomic E-state index is 0.0883. The summed E-state index contributed by atoms with van der Waals surface area (Å²) >= 11 is 5.32. The highest BCUT2D eigenvalue weighted by Crippen LogP contribution is 2.45. The van der Waals surface area contributed by atoms with Crippen LogP contribution in [0.3, 0.4) is 0 Å². The second kappa shape index (κ2) is 10.5. The summed E-state index contributed by atoms with van der Waals surface area (Å²) in [5.41, 5.74) is 2.91. The smallest absolute Gasteiger partial charge is 0.259 e. The van der Waals surface area contributed by atoms with E-state index in [4.69, 9.17) is 9.41 Å². The number of aliphatic imine (C=N–C) groups is 1. The molecule has 3 aromatic rings. The van der Waals surface area contributed by atoms with Crippen molar-refractivity contribution in [1.82, 2.24) is 0 Å². The van der Waals surface area contributed by atoms with Crippen LogP contribution >= 0.6 is 27.3 Å². The minimum Gasteiger partial charge on any atom is -0.438 e. The van der Waals surface area contributed by atoms with Crippen LogP contribution in [-0.4, -0.2) is 25.2 Å². The van der Waals surface area contributed by atoms with Gasteiger partial charge in [-0.3, -0.25) is 4.79 Å². The van der Waals surface area contributed by atoms with Crippen LogP contribution in [0.4, 0.5) is 16.6 Å². The van der Waals surface area contributed by atoms with E-state index in [-0.39, 0.29) is 11.3 Å². The van der Waals surface area contributed by atoms with Gasteiger partial charge in [0.2, 0.25) is 5.88 Å². The third-order valence-corrected chi connectivity index (χ3v) is 9.10. The van der Waals surface area contributed by atoms with Crippen molar-refractivity contribution in [3.63, 3.8) is 0 Å². The molecule has 1 aliphatic heterocycles. The van der Waals surface area contributed by atoms with Gasteiger partial charge in [-0.1, -0.05) is 39.0 Å². The number of piperidine rings is 1. The molecule has 0 unspecified atom stereocenters. The summed E-state index contributed by atoms with van der Waals surface area (Å²) in [6.07, 6.45) is 8.40. The van der Waals surface area contributed by atoms with Crippen LogP contribution in [0.15, 0.2) is 50.3 Å². The molecule has 190 valence electrons. The first-order valence-electron chi connectivity index (χ1n) is 12.9. The zero-order chi connectivity index (χ0) is 25.3. The van der Waals surface area contributed by atoms with E-state index in [2.05, 4.69) is 46.9 Å². The zero-order valence-electron chi connectivity index (χ0n) is 21.3. The lowest BCUT2D eigenvalue weighted by molar-refractivity contribution is 0.102. The van der Waals surface area contributed by atoms with Crippen molar-refractivity contribution in [3.05, 3.63) is 62.6 Å². The van der Waals surface area contributed by atoms with Gasteiger partial charge < -0.3 is 14.6 Å². The first-order valence-corrected chi connectivity index (χ1v) is 14.5. The number of nitrogens with one attached hydrogen (secondary N) is 1. The van der Waals surface area contributed by atoms with E-state index in [0.717, 1.165) is 59.0 Å². The van der Waals surface area contributed by atoms with Crippen molar-refractivity contribution in [2.75, 3.05) is 23.3 Å². The molecule has 3 heterocycles. The molecule has 1 saturated heterocycles. The van der Waals surface area contributed by atoms with Crippen LogP contribution in [0.2, 0.25) is 0 Å². The molecule has 0 radical (unpaired) electrons. The number of para-hydroxylation sites is 1. The largest absolute Gasteiger partial charge is 0.438 e. The number of carbonyl (C=O) groups is 1. The SMILES string of the molecule is CC(C)(C)[C@H]1CCc2c(sc(N=Cc3cc(Br)c(N4CCCCC4)o3)c2C(=O)Nc2ccccc2)C1. The lowest BCUT2D eigenvalue weighted by Crippen LogP contribution is -2.29. The summed E-state index contributed by atoms with van der Waals surface area (Å²) in [5.74, 6) is 2.07. The molecular weight excluding hydrogens is 534 g/mol. The molecule has 1 aliphatic carbocycles. The number of halogens is 1. The number of thiophene rings is 1. The van der Waals surface area contributed by atoms with E-state index < -0.39 is 0 Å². The van der Waals surface area contributed by atoms with Crippen LogP contribution < -0.4 is 10.2 Å². The predicted molar refractivity (Wildman–Crippen MR) is 153 cm³/mol. The monoisotopic (exact) mass is 567 g/mol. The van der Waals surface area contributed by atoms with E-state index in [9.17, 15) is 4.79 Å². The highest BCUT2D eigenvalue weighted by molar-refractivity contribution is 9.10. The summed E-state index contributed by atoms with van der Waals surface area (Å²) in [6.45, 7) is 8.96. The van der Waals surface area contributed by atoms with Gasteiger partial charge >= 0.3 is 0 Å². The molecule has 0 spiro atoms. The highest BCUT2D eigenvalue weighted by Gasteiger charge is 2.33. The maximum Gasteiger partial charge on any atom is 0.259 e. The van der Waals surface area contributed by atoms with Crippen molar-refractivity contribution >= 4 is 56.0 Å². The Morgan fingerprint density at radius 2 is 1.94 bits per heavy atom. The number of fused-ring (bicyclic) bond motifs is 1. The van der Waals surface area contributed by atoms with Gasteiger partial charge in [0, 0.05) is 29.7 Å². The first kappa shape index (κ1) is 25.3. The number of furan rings is 1. The number of hydrogen-bond donors (Lipinski definition) is 1. The Balaban J connectivity index is 1.46. The normalized spacial score (nSPS) is 18.4. The summed E-state index contributed by atoms with van der Waals surface area (Å²) in [7, 11) is 0. The minimum atomic E-state index is -0.0883. The molecule has 1 aromatic carbocycles. The van der Waals surface area contributed by atoms with Gasteiger partial charge in [-0.25, -0.2) is 4.99 Å². The molecule has 0 saturated carbocycles. The van der Waals surface area contributed by atoms with Crippen molar-refractivity contribution < 1.29 is 9.21 Å². The fourth-order valence-electron chi connectivity index (χ4n) is 5.23. The molecule has 5 nitrogen and oxygen atoms in total. The summed E-state index contributed by atoms with van der Waals surface area (Å²) in [4.78, 5) is 21.9. The molecule has 2 aliphatic rings. The van der Waals surface area contributed by atoms with Crippen LogP contribution in [0.25, 0.3) is 0 Å². The molecule has 2 aromatic heterocycles. The van der Waals surface area contributed by atoms with Gasteiger partial charge in [-0.2, -0.15) is 0 Å². The molecule has 5 rings (SSSR count). The number of anilines is 2. The molecular formula is C29H34BrN3O2S. The standard InChI is InChI=1S/C29H34BrN3O2S/c1-29(2,3)19-12-13-22-24(16-19)36-27(25(22)26(34)32-20-10-6-4-7-11-20)31-18-21-17-23(30)28(35-21)33-14-8-5-9-15-33/h4,6-7,10-11,17-19H,5,8-9,12-16H2,1-3H3,(H,32,34)/t19-/m0/s1.